The van der Waals surface area contributed by atoms with Gasteiger partial charge in [-0.1, -0.05) is 17.7 Å². The number of hydrogen-bond acceptors (Lipinski definition) is 4. The van der Waals surface area contributed by atoms with Gasteiger partial charge in [-0.3, -0.25) is 4.79 Å². The molecule has 2 aromatic rings. The van der Waals surface area contributed by atoms with E-state index in [-0.39, 0.29) is 42.7 Å². The van der Waals surface area contributed by atoms with E-state index in [1.165, 1.54) is 28.6 Å². The molecule has 1 aliphatic heterocycles. The van der Waals surface area contributed by atoms with Crippen molar-refractivity contribution >= 4 is 15.9 Å². The molecule has 0 aromatic heterocycles. The minimum absolute atomic E-state index is 0.0884. The number of carbonyl (C=O) groups excluding carboxylic acids is 1. The Kier molecular flexibility index (Phi) is 6.31. The maximum absolute atomic E-state index is 12.9. The van der Waals surface area contributed by atoms with E-state index in [0.29, 0.717) is 18.8 Å². The van der Waals surface area contributed by atoms with Crippen molar-refractivity contribution in [2.75, 3.05) is 32.8 Å². The molecule has 0 bridgehead atoms. The van der Waals surface area contributed by atoms with Crippen LogP contribution in [-0.4, -0.2) is 56.3 Å². The first-order valence-electron chi connectivity index (χ1n) is 9.09. The maximum Gasteiger partial charge on any atom is 0.243 e. The summed E-state index contributed by atoms with van der Waals surface area (Å²) in [6.45, 7) is 3.31. The Labute approximate surface area is 164 Å². The second-order valence-corrected chi connectivity index (χ2v) is 8.59. The first-order chi connectivity index (χ1) is 13.4. The van der Waals surface area contributed by atoms with Crippen LogP contribution in [0.2, 0.25) is 0 Å². The summed E-state index contributed by atoms with van der Waals surface area (Å²) in [5, 5.41) is 0. The average Bonchev–Trinajstić information content (AvgIpc) is 2.70. The summed E-state index contributed by atoms with van der Waals surface area (Å²) in [5.74, 6) is 0.0691. The third-order valence-corrected chi connectivity index (χ3v) is 6.56. The summed E-state index contributed by atoms with van der Waals surface area (Å²) in [6.07, 6.45) is 0.183. The smallest absolute Gasteiger partial charge is 0.243 e. The molecule has 150 valence electrons. The van der Waals surface area contributed by atoms with E-state index < -0.39 is 10.0 Å². The molecule has 0 spiro atoms. The topological polar surface area (TPSA) is 66.9 Å². The lowest BCUT2D eigenvalue weighted by molar-refractivity contribution is -0.132. The molecule has 6 nitrogen and oxygen atoms in total. The third kappa shape index (κ3) is 4.88. The van der Waals surface area contributed by atoms with E-state index in [0.717, 1.165) is 5.56 Å². The minimum atomic E-state index is -3.54. The van der Waals surface area contributed by atoms with Crippen molar-refractivity contribution in [3.05, 3.63) is 59.9 Å². The zero-order valence-electron chi connectivity index (χ0n) is 15.7. The molecule has 8 heteroatoms. The molecular formula is C20H23FN2O4S. The predicted octanol–water partition coefficient (Wildman–Crippen LogP) is 2.44. The van der Waals surface area contributed by atoms with Gasteiger partial charge < -0.3 is 9.64 Å². The van der Waals surface area contributed by atoms with Gasteiger partial charge in [-0.2, -0.15) is 4.31 Å². The number of hydrogen-bond donors (Lipinski definition) is 0. The monoisotopic (exact) mass is 406 g/mol. The first kappa shape index (κ1) is 20.3. The van der Waals surface area contributed by atoms with Gasteiger partial charge in [0.2, 0.25) is 15.9 Å². The Hall–Kier alpha value is -2.45. The molecule has 0 N–H and O–H groups in total. The zero-order chi connectivity index (χ0) is 20.1. The summed E-state index contributed by atoms with van der Waals surface area (Å²) < 4.78 is 45.1. The molecule has 1 aliphatic rings. The fourth-order valence-electron chi connectivity index (χ4n) is 2.98. The quantitative estimate of drug-likeness (QED) is 0.739. The molecule has 2 aromatic carbocycles. The van der Waals surface area contributed by atoms with Gasteiger partial charge in [0, 0.05) is 26.2 Å². The number of ether oxygens (including phenoxy) is 1. The Bertz CT molecular complexity index is 906. The van der Waals surface area contributed by atoms with Crippen molar-refractivity contribution < 1.29 is 22.3 Å². The summed E-state index contributed by atoms with van der Waals surface area (Å²) in [7, 11) is -3.54. The van der Waals surface area contributed by atoms with Crippen LogP contribution < -0.4 is 4.74 Å². The van der Waals surface area contributed by atoms with Gasteiger partial charge in [-0.05, 0) is 43.3 Å². The van der Waals surface area contributed by atoms with E-state index in [4.69, 9.17) is 4.74 Å². The second-order valence-electron chi connectivity index (χ2n) is 6.65. The molecule has 1 saturated heterocycles. The SMILES string of the molecule is Cc1ccc(S(=O)(=O)N2CCN(C(=O)CCOc3ccc(F)cc3)CC2)cc1. The molecule has 0 atom stereocenters. The van der Waals surface area contributed by atoms with Crippen molar-refractivity contribution in [2.24, 2.45) is 0 Å². The number of rotatable bonds is 6. The highest BCUT2D eigenvalue weighted by atomic mass is 32.2. The number of sulfonamides is 1. The van der Waals surface area contributed by atoms with E-state index >= 15 is 0 Å². The van der Waals surface area contributed by atoms with Gasteiger partial charge in [0.1, 0.15) is 11.6 Å². The van der Waals surface area contributed by atoms with E-state index in [1.54, 1.807) is 29.2 Å². The van der Waals surface area contributed by atoms with Crippen LogP contribution in [0.1, 0.15) is 12.0 Å². The predicted molar refractivity (Wildman–Crippen MR) is 103 cm³/mol. The molecule has 28 heavy (non-hydrogen) atoms. The number of piperazine rings is 1. The highest BCUT2D eigenvalue weighted by Crippen LogP contribution is 2.18. The van der Waals surface area contributed by atoms with Crippen molar-refractivity contribution in [1.82, 2.24) is 9.21 Å². The van der Waals surface area contributed by atoms with Gasteiger partial charge in [0.25, 0.3) is 0 Å². The Balaban J connectivity index is 1.48. The maximum atomic E-state index is 12.9. The standard InChI is InChI=1S/C20H23FN2O4S/c1-16-2-8-19(9-3-16)28(25,26)23-13-11-22(12-14-23)20(24)10-15-27-18-6-4-17(21)5-7-18/h2-9H,10-15H2,1H3. The minimum Gasteiger partial charge on any atom is -0.493 e. The second kappa shape index (κ2) is 8.70. The van der Waals surface area contributed by atoms with Gasteiger partial charge in [0.15, 0.2) is 0 Å². The van der Waals surface area contributed by atoms with Crippen LogP contribution in [-0.2, 0) is 14.8 Å². The molecule has 0 unspecified atom stereocenters. The lowest BCUT2D eigenvalue weighted by atomic mass is 10.2. The average molecular weight is 406 g/mol. The Morgan fingerprint density at radius 2 is 1.61 bits per heavy atom. The van der Waals surface area contributed by atoms with Crippen molar-refractivity contribution in [2.45, 2.75) is 18.2 Å². The van der Waals surface area contributed by atoms with Crippen LogP contribution >= 0.6 is 0 Å². The number of amides is 1. The van der Waals surface area contributed by atoms with Crippen LogP contribution in [0.4, 0.5) is 4.39 Å². The summed E-state index contributed by atoms with van der Waals surface area (Å²) in [4.78, 5) is 14.2. The highest BCUT2D eigenvalue weighted by molar-refractivity contribution is 7.89. The highest BCUT2D eigenvalue weighted by Gasteiger charge is 2.29. The normalized spacial score (nSPS) is 15.4. The van der Waals surface area contributed by atoms with Crippen LogP contribution in [0, 0.1) is 12.7 Å². The van der Waals surface area contributed by atoms with Gasteiger partial charge in [-0.15, -0.1) is 0 Å². The van der Waals surface area contributed by atoms with Crippen molar-refractivity contribution in [3.8, 4) is 5.75 Å². The fourth-order valence-corrected chi connectivity index (χ4v) is 4.40. The summed E-state index contributed by atoms with van der Waals surface area (Å²) in [6, 6.07) is 12.4. The number of benzene rings is 2. The molecule has 1 fully saturated rings. The molecule has 3 rings (SSSR count). The van der Waals surface area contributed by atoms with E-state index in [9.17, 15) is 17.6 Å². The van der Waals surface area contributed by atoms with E-state index in [1.807, 2.05) is 6.92 Å². The Morgan fingerprint density at radius 1 is 1.00 bits per heavy atom. The van der Waals surface area contributed by atoms with Gasteiger partial charge >= 0.3 is 0 Å². The molecular weight excluding hydrogens is 383 g/mol. The van der Waals surface area contributed by atoms with Crippen LogP contribution in [0.5, 0.6) is 5.75 Å². The molecule has 0 saturated carbocycles. The number of carbonyl (C=O) groups is 1. The van der Waals surface area contributed by atoms with Crippen LogP contribution in [0.25, 0.3) is 0 Å². The van der Waals surface area contributed by atoms with E-state index in [2.05, 4.69) is 0 Å². The molecule has 1 heterocycles. The first-order valence-corrected chi connectivity index (χ1v) is 10.5. The molecule has 1 amide bonds. The summed E-state index contributed by atoms with van der Waals surface area (Å²) >= 11 is 0. The largest absolute Gasteiger partial charge is 0.493 e. The zero-order valence-corrected chi connectivity index (χ0v) is 16.5. The lowest BCUT2D eigenvalue weighted by Gasteiger charge is -2.34. The number of aryl methyl sites for hydroxylation is 1. The Morgan fingerprint density at radius 3 is 2.21 bits per heavy atom. The molecule has 0 aliphatic carbocycles. The van der Waals surface area contributed by atoms with Gasteiger partial charge in [-0.25, -0.2) is 12.8 Å². The molecule has 0 radical (unpaired) electrons. The van der Waals surface area contributed by atoms with Gasteiger partial charge in [0.05, 0.1) is 17.9 Å². The van der Waals surface area contributed by atoms with Crippen LogP contribution in [0.15, 0.2) is 53.4 Å². The lowest BCUT2D eigenvalue weighted by Crippen LogP contribution is -2.50. The number of nitrogens with zero attached hydrogens (tertiary/aromatic N) is 2. The number of halogens is 1. The third-order valence-electron chi connectivity index (χ3n) is 4.65. The summed E-state index contributed by atoms with van der Waals surface area (Å²) in [5.41, 5.74) is 0.997. The van der Waals surface area contributed by atoms with Crippen LogP contribution in [0.3, 0.4) is 0 Å². The van der Waals surface area contributed by atoms with Crippen molar-refractivity contribution in [3.63, 3.8) is 0 Å². The fraction of sp³-hybridized carbons (Fsp3) is 0.350. The van der Waals surface area contributed by atoms with Crippen molar-refractivity contribution in [1.29, 1.82) is 0 Å².